The minimum Gasteiger partial charge on any atom is -0.490 e. The Morgan fingerprint density at radius 1 is 1.21 bits per heavy atom. The lowest BCUT2D eigenvalue weighted by molar-refractivity contribution is -0.127. The van der Waals surface area contributed by atoms with Gasteiger partial charge in [-0.2, -0.15) is 11.8 Å². The number of aromatic nitrogens is 2. The predicted molar refractivity (Wildman–Crippen MR) is 134 cm³/mol. The zero-order chi connectivity index (χ0) is 23.9. The monoisotopic (exact) mass is 504 g/mol. The second-order valence-electron chi connectivity index (χ2n) is 7.79. The smallest absolute Gasteiger partial charge is 0.222 e. The summed E-state index contributed by atoms with van der Waals surface area (Å²) in [7, 11) is 0. The molecule has 1 saturated heterocycles. The average molecular weight is 505 g/mol. The molecule has 1 N–H and O–H groups in total. The van der Waals surface area contributed by atoms with Gasteiger partial charge in [-0.1, -0.05) is 17.7 Å². The number of ether oxygens (including phenoxy) is 2. The number of rotatable bonds is 11. The Labute approximate surface area is 207 Å². The molecule has 34 heavy (non-hydrogen) atoms. The summed E-state index contributed by atoms with van der Waals surface area (Å²) >= 11 is 7.61. The van der Waals surface area contributed by atoms with Crippen LogP contribution in [0.2, 0.25) is 5.02 Å². The fraction of sp³-hybridized carbons (Fsp3) is 0.375. The summed E-state index contributed by atoms with van der Waals surface area (Å²) in [6, 6.07) is 8.34. The van der Waals surface area contributed by atoms with Crippen molar-refractivity contribution in [3.05, 3.63) is 47.5 Å². The fourth-order valence-corrected chi connectivity index (χ4v) is 4.15. The Morgan fingerprint density at radius 2 is 2.03 bits per heavy atom. The first-order valence-electron chi connectivity index (χ1n) is 11.1. The van der Waals surface area contributed by atoms with Crippen molar-refractivity contribution in [1.82, 2.24) is 14.9 Å². The molecule has 0 atom stereocenters. The molecule has 3 aromatic rings. The molecule has 2 aromatic carbocycles. The number of amides is 1. The summed E-state index contributed by atoms with van der Waals surface area (Å²) < 4.78 is 26.5. The van der Waals surface area contributed by atoms with Crippen LogP contribution in [-0.2, 0) is 4.79 Å². The summed E-state index contributed by atoms with van der Waals surface area (Å²) in [5.74, 6) is 2.03. The van der Waals surface area contributed by atoms with E-state index in [-0.39, 0.29) is 16.6 Å². The van der Waals surface area contributed by atoms with Gasteiger partial charge in [-0.25, -0.2) is 14.4 Å². The highest BCUT2D eigenvalue weighted by Gasteiger charge is 2.19. The van der Waals surface area contributed by atoms with E-state index < -0.39 is 5.82 Å². The summed E-state index contributed by atoms with van der Waals surface area (Å²) in [6.45, 7) is 2.42. The van der Waals surface area contributed by atoms with Gasteiger partial charge in [-0.15, -0.1) is 0 Å². The highest BCUT2D eigenvalue weighted by Crippen LogP contribution is 2.36. The van der Waals surface area contributed by atoms with E-state index in [1.807, 2.05) is 11.2 Å². The Kier molecular flexibility index (Phi) is 8.29. The van der Waals surface area contributed by atoms with Gasteiger partial charge in [-0.05, 0) is 37.3 Å². The van der Waals surface area contributed by atoms with Crippen molar-refractivity contribution in [3.63, 3.8) is 0 Å². The maximum atomic E-state index is 14.5. The third-order valence-electron chi connectivity index (χ3n) is 5.45. The quantitative estimate of drug-likeness (QED) is 0.355. The van der Waals surface area contributed by atoms with Crippen molar-refractivity contribution < 1.29 is 18.7 Å². The average Bonchev–Trinajstić information content (AvgIpc) is 3.24. The van der Waals surface area contributed by atoms with Crippen LogP contribution >= 0.6 is 23.4 Å². The molecule has 1 fully saturated rings. The second kappa shape index (κ2) is 11.6. The summed E-state index contributed by atoms with van der Waals surface area (Å²) in [5.41, 5.74) is 0.847. The minimum absolute atomic E-state index is 0.0216. The highest BCUT2D eigenvalue weighted by atomic mass is 35.5. The standard InChI is InChI=1S/C24H26ClFN4O3S/c1-34-12-11-33-21-14-19-16(13-20(21)32-10-4-9-30-8-3-7-22(30)31)24(28-15-27-19)29-18-6-2-5-17(25)23(18)26/h2,5-6,13-15H,3-4,7-12H2,1H3,(H,27,28,29). The molecular formula is C24H26ClFN4O3S. The van der Waals surface area contributed by atoms with Gasteiger partial charge < -0.3 is 19.7 Å². The Morgan fingerprint density at radius 3 is 2.82 bits per heavy atom. The van der Waals surface area contributed by atoms with E-state index in [1.165, 1.54) is 12.4 Å². The number of carbonyl (C=O) groups is 1. The van der Waals surface area contributed by atoms with Gasteiger partial charge >= 0.3 is 0 Å². The number of halogens is 2. The van der Waals surface area contributed by atoms with Crippen LogP contribution in [0.25, 0.3) is 10.9 Å². The van der Waals surface area contributed by atoms with Gasteiger partial charge in [0, 0.05) is 36.7 Å². The molecule has 7 nitrogen and oxygen atoms in total. The van der Waals surface area contributed by atoms with Crippen molar-refractivity contribution >= 4 is 51.7 Å². The number of likely N-dealkylation sites (tertiary alicyclic amines) is 1. The van der Waals surface area contributed by atoms with E-state index in [1.54, 1.807) is 36.0 Å². The summed E-state index contributed by atoms with van der Waals surface area (Å²) in [4.78, 5) is 22.4. The van der Waals surface area contributed by atoms with E-state index >= 15 is 0 Å². The molecule has 1 aliphatic heterocycles. The SMILES string of the molecule is CSCCOc1cc2ncnc(Nc3cccc(Cl)c3F)c2cc1OCCCN1CCCC1=O. The molecule has 0 aliphatic carbocycles. The number of nitrogens with zero attached hydrogens (tertiary/aromatic N) is 3. The van der Waals surface area contributed by atoms with Gasteiger partial charge in [0.05, 0.1) is 29.4 Å². The molecule has 1 amide bonds. The van der Waals surface area contributed by atoms with Gasteiger partial charge in [0.2, 0.25) is 5.91 Å². The number of carbonyl (C=O) groups excluding carboxylic acids is 1. The van der Waals surface area contributed by atoms with E-state index in [2.05, 4.69) is 15.3 Å². The van der Waals surface area contributed by atoms with Crippen molar-refractivity contribution in [2.75, 3.05) is 43.6 Å². The molecule has 0 radical (unpaired) electrons. The fourth-order valence-electron chi connectivity index (χ4n) is 3.73. The van der Waals surface area contributed by atoms with Crippen molar-refractivity contribution in [1.29, 1.82) is 0 Å². The number of hydrogen-bond acceptors (Lipinski definition) is 7. The number of hydrogen-bond donors (Lipinski definition) is 1. The van der Waals surface area contributed by atoms with Crippen LogP contribution in [0.4, 0.5) is 15.9 Å². The van der Waals surface area contributed by atoms with Crippen LogP contribution in [0.1, 0.15) is 19.3 Å². The third kappa shape index (κ3) is 5.82. The molecule has 10 heteroatoms. The number of benzene rings is 2. The maximum Gasteiger partial charge on any atom is 0.222 e. The molecule has 180 valence electrons. The first-order chi connectivity index (χ1) is 16.6. The lowest BCUT2D eigenvalue weighted by Crippen LogP contribution is -2.26. The highest BCUT2D eigenvalue weighted by molar-refractivity contribution is 7.98. The Balaban J connectivity index is 1.57. The number of nitrogens with one attached hydrogen (secondary N) is 1. The van der Waals surface area contributed by atoms with Crippen LogP contribution in [-0.4, -0.2) is 59.1 Å². The van der Waals surface area contributed by atoms with Gasteiger partial charge in [0.1, 0.15) is 12.1 Å². The molecule has 0 saturated carbocycles. The molecule has 1 aromatic heterocycles. The molecule has 2 heterocycles. The first kappa shape index (κ1) is 24.3. The molecule has 0 bridgehead atoms. The Bertz CT molecular complexity index is 1170. The lowest BCUT2D eigenvalue weighted by atomic mass is 10.2. The van der Waals surface area contributed by atoms with E-state index in [0.717, 1.165) is 18.7 Å². The van der Waals surface area contributed by atoms with Crippen molar-refractivity contribution in [2.45, 2.75) is 19.3 Å². The van der Waals surface area contributed by atoms with Crippen LogP contribution in [0, 0.1) is 5.82 Å². The van der Waals surface area contributed by atoms with Crippen LogP contribution in [0.3, 0.4) is 0 Å². The zero-order valence-electron chi connectivity index (χ0n) is 18.9. The molecular weight excluding hydrogens is 479 g/mol. The number of fused-ring (bicyclic) bond motifs is 1. The van der Waals surface area contributed by atoms with E-state index in [0.29, 0.717) is 60.8 Å². The van der Waals surface area contributed by atoms with Crippen LogP contribution < -0.4 is 14.8 Å². The first-order valence-corrected chi connectivity index (χ1v) is 12.9. The molecule has 0 unspecified atom stereocenters. The Hall–Kier alpha value is -2.78. The zero-order valence-corrected chi connectivity index (χ0v) is 20.4. The largest absolute Gasteiger partial charge is 0.490 e. The van der Waals surface area contributed by atoms with Gasteiger partial charge in [0.15, 0.2) is 17.3 Å². The summed E-state index contributed by atoms with van der Waals surface area (Å²) in [6.07, 6.45) is 5.67. The van der Waals surface area contributed by atoms with Crippen LogP contribution in [0.15, 0.2) is 36.7 Å². The van der Waals surface area contributed by atoms with Gasteiger partial charge in [-0.3, -0.25) is 4.79 Å². The number of anilines is 2. The van der Waals surface area contributed by atoms with Gasteiger partial charge in [0.25, 0.3) is 0 Å². The normalized spacial score (nSPS) is 13.5. The van der Waals surface area contributed by atoms with E-state index in [4.69, 9.17) is 21.1 Å². The molecule has 4 rings (SSSR count). The lowest BCUT2D eigenvalue weighted by Gasteiger charge is -2.17. The molecule has 1 aliphatic rings. The predicted octanol–water partition coefficient (Wildman–Crippen LogP) is 5.30. The third-order valence-corrected chi connectivity index (χ3v) is 6.32. The second-order valence-corrected chi connectivity index (χ2v) is 9.19. The van der Waals surface area contributed by atoms with Crippen LogP contribution in [0.5, 0.6) is 11.5 Å². The maximum absolute atomic E-state index is 14.5. The van der Waals surface area contributed by atoms with E-state index in [9.17, 15) is 9.18 Å². The van der Waals surface area contributed by atoms with Crippen molar-refractivity contribution in [2.24, 2.45) is 0 Å². The van der Waals surface area contributed by atoms with Crippen molar-refractivity contribution in [3.8, 4) is 11.5 Å². The minimum atomic E-state index is -0.555. The summed E-state index contributed by atoms with van der Waals surface area (Å²) in [5, 5.41) is 3.69. The topological polar surface area (TPSA) is 76.6 Å². The number of thioether (sulfide) groups is 1. The molecule has 0 spiro atoms.